The van der Waals surface area contributed by atoms with Crippen LogP contribution in [0.1, 0.15) is 27.6 Å². The maximum absolute atomic E-state index is 12.1. The molecule has 1 atom stereocenters. The summed E-state index contributed by atoms with van der Waals surface area (Å²) in [6, 6.07) is 11.4. The number of halogens is 1. The SMILES string of the molecule is C[C@@H](OC(=O)c1ccc([N+](=O)[O-])cc1Cl)C(=O)NNC(=O)c1ccccc1. The van der Waals surface area contributed by atoms with Crippen molar-refractivity contribution in [3.05, 3.63) is 74.8 Å². The zero-order valence-electron chi connectivity index (χ0n) is 14.0. The first kappa shape index (κ1) is 19.9. The van der Waals surface area contributed by atoms with Crippen molar-refractivity contribution >= 4 is 35.1 Å². The molecule has 2 rings (SSSR count). The number of esters is 1. The van der Waals surface area contributed by atoms with Crippen LogP contribution in [-0.4, -0.2) is 28.8 Å². The molecule has 0 heterocycles. The number of carbonyl (C=O) groups is 3. The van der Waals surface area contributed by atoms with Crippen LogP contribution in [0.25, 0.3) is 0 Å². The molecule has 10 heteroatoms. The molecule has 9 nitrogen and oxygen atoms in total. The molecule has 0 saturated heterocycles. The predicted octanol–water partition coefficient (Wildman–Crippen LogP) is 2.25. The Labute approximate surface area is 158 Å². The van der Waals surface area contributed by atoms with Crippen LogP contribution in [0.3, 0.4) is 0 Å². The number of carbonyl (C=O) groups excluding carboxylic acids is 3. The number of non-ortho nitro benzene ring substituents is 1. The third kappa shape index (κ3) is 5.25. The largest absolute Gasteiger partial charge is 0.449 e. The minimum atomic E-state index is -1.25. The lowest BCUT2D eigenvalue weighted by atomic mass is 10.2. The van der Waals surface area contributed by atoms with E-state index in [4.69, 9.17) is 16.3 Å². The zero-order chi connectivity index (χ0) is 20.0. The molecular formula is C17H14ClN3O6. The second kappa shape index (κ2) is 8.77. The summed E-state index contributed by atoms with van der Waals surface area (Å²) in [7, 11) is 0. The summed E-state index contributed by atoms with van der Waals surface area (Å²) in [5.74, 6) is -2.25. The van der Waals surface area contributed by atoms with Crippen molar-refractivity contribution in [1.82, 2.24) is 10.9 Å². The normalized spacial score (nSPS) is 11.2. The van der Waals surface area contributed by atoms with E-state index < -0.39 is 28.8 Å². The average molecular weight is 392 g/mol. The highest BCUT2D eigenvalue weighted by Crippen LogP contribution is 2.23. The van der Waals surface area contributed by atoms with Crippen LogP contribution in [0, 0.1) is 10.1 Å². The smallest absolute Gasteiger partial charge is 0.340 e. The fourth-order valence-corrected chi connectivity index (χ4v) is 2.19. The van der Waals surface area contributed by atoms with Gasteiger partial charge in [-0.1, -0.05) is 29.8 Å². The standard InChI is InChI=1S/C17H14ClN3O6/c1-10(15(22)19-20-16(23)11-5-3-2-4-6-11)27-17(24)13-8-7-12(21(25)26)9-14(13)18/h2-10H,1H3,(H,19,22)(H,20,23)/t10-/m1/s1. The number of benzene rings is 2. The Bertz CT molecular complexity index is 887. The van der Waals surface area contributed by atoms with Gasteiger partial charge < -0.3 is 4.74 Å². The number of hydrogen-bond donors (Lipinski definition) is 2. The number of hydrazine groups is 1. The topological polar surface area (TPSA) is 128 Å². The molecule has 0 radical (unpaired) electrons. The van der Waals surface area contributed by atoms with Crippen LogP contribution in [-0.2, 0) is 9.53 Å². The molecule has 0 aliphatic heterocycles. The molecule has 0 bridgehead atoms. The van der Waals surface area contributed by atoms with Crippen molar-refractivity contribution in [2.24, 2.45) is 0 Å². The number of amides is 2. The summed E-state index contributed by atoms with van der Waals surface area (Å²) < 4.78 is 4.96. The fraction of sp³-hybridized carbons (Fsp3) is 0.118. The molecular weight excluding hydrogens is 378 g/mol. The van der Waals surface area contributed by atoms with E-state index in [1.165, 1.54) is 6.92 Å². The maximum Gasteiger partial charge on any atom is 0.340 e. The first-order valence-corrected chi connectivity index (χ1v) is 7.97. The summed E-state index contributed by atoms with van der Waals surface area (Å²) in [5, 5.41) is 10.5. The van der Waals surface area contributed by atoms with Gasteiger partial charge in [-0.25, -0.2) is 4.79 Å². The monoisotopic (exact) mass is 391 g/mol. The van der Waals surface area contributed by atoms with Crippen molar-refractivity contribution in [3.63, 3.8) is 0 Å². The van der Waals surface area contributed by atoms with E-state index in [-0.39, 0.29) is 16.3 Å². The Morgan fingerprint density at radius 1 is 1.11 bits per heavy atom. The zero-order valence-corrected chi connectivity index (χ0v) is 14.7. The summed E-state index contributed by atoms with van der Waals surface area (Å²) in [6.45, 7) is 1.29. The maximum atomic E-state index is 12.1. The second-order valence-corrected chi connectivity index (χ2v) is 5.69. The molecule has 140 valence electrons. The van der Waals surface area contributed by atoms with Crippen LogP contribution in [0.4, 0.5) is 5.69 Å². The lowest BCUT2D eigenvalue weighted by molar-refractivity contribution is -0.384. The highest BCUT2D eigenvalue weighted by Gasteiger charge is 2.22. The Kier molecular flexibility index (Phi) is 6.45. The van der Waals surface area contributed by atoms with Crippen LogP contribution >= 0.6 is 11.6 Å². The molecule has 0 fully saturated rings. The quantitative estimate of drug-likeness (QED) is 0.457. The molecule has 0 aliphatic rings. The van der Waals surface area contributed by atoms with Crippen LogP contribution in [0.15, 0.2) is 48.5 Å². The van der Waals surface area contributed by atoms with Gasteiger partial charge in [-0.3, -0.25) is 30.6 Å². The molecule has 2 N–H and O–H groups in total. The van der Waals surface area contributed by atoms with Gasteiger partial charge in [0, 0.05) is 17.7 Å². The summed E-state index contributed by atoms with van der Waals surface area (Å²) >= 11 is 5.84. The number of rotatable bonds is 5. The minimum Gasteiger partial charge on any atom is -0.449 e. The number of nitro groups is 1. The summed E-state index contributed by atoms with van der Waals surface area (Å²) in [4.78, 5) is 45.9. The van der Waals surface area contributed by atoms with Crippen molar-refractivity contribution in [2.45, 2.75) is 13.0 Å². The molecule has 0 spiro atoms. The molecule has 27 heavy (non-hydrogen) atoms. The van der Waals surface area contributed by atoms with Gasteiger partial charge in [0.2, 0.25) is 0 Å². The van der Waals surface area contributed by atoms with E-state index in [9.17, 15) is 24.5 Å². The first-order chi connectivity index (χ1) is 12.8. The van der Waals surface area contributed by atoms with Crippen molar-refractivity contribution in [2.75, 3.05) is 0 Å². The van der Waals surface area contributed by atoms with E-state index in [0.29, 0.717) is 5.56 Å². The van der Waals surface area contributed by atoms with Crippen LogP contribution in [0.2, 0.25) is 5.02 Å². The molecule has 2 aromatic rings. The van der Waals surface area contributed by atoms with E-state index in [1.54, 1.807) is 30.3 Å². The third-order valence-corrected chi connectivity index (χ3v) is 3.68. The molecule has 2 aromatic carbocycles. The number of ether oxygens (including phenoxy) is 1. The van der Waals surface area contributed by atoms with Crippen molar-refractivity contribution in [1.29, 1.82) is 0 Å². The fourth-order valence-electron chi connectivity index (χ4n) is 1.94. The summed E-state index contributed by atoms with van der Waals surface area (Å²) in [6.07, 6.45) is -1.25. The lowest BCUT2D eigenvalue weighted by Gasteiger charge is -2.14. The van der Waals surface area contributed by atoms with E-state index in [2.05, 4.69) is 10.9 Å². The molecule has 0 saturated carbocycles. The molecule has 2 amide bonds. The van der Waals surface area contributed by atoms with Crippen LogP contribution in [0.5, 0.6) is 0 Å². The Morgan fingerprint density at radius 3 is 2.37 bits per heavy atom. The van der Waals surface area contributed by atoms with Crippen LogP contribution < -0.4 is 10.9 Å². The Morgan fingerprint density at radius 2 is 1.78 bits per heavy atom. The van der Waals surface area contributed by atoms with E-state index >= 15 is 0 Å². The number of nitrogens with zero attached hydrogens (tertiary/aromatic N) is 1. The van der Waals surface area contributed by atoms with E-state index in [0.717, 1.165) is 18.2 Å². The molecule has 0 aromatic heterocycles. The van der Waals surface area contributed by atoms with Crippen molar-refractivity contribution in [3.8, 4) is 0 Å². The Hall–Kier alpha value is -3.46. The number of hydrogen-bond acceptors (Lipinski definition) is 6. The van der Waals surface area contributed by atoms with Gasteiger partial charge in [0.1, 0.15) is 0 Å². The molecule has 0 aliphatic carbocycles. The van der Waals surface area contributed by atoms with Gasteiger partial charge in [0.05, 0.1) is 15.5 Å². The predicted molar refractivity (Wildman–Crippen MR) is 95.0 cm³/mol. The summed E-state index contributed by atoms with van der Waals surface area (Å²) in [5.41, 5.74) is 4.25. The van der Waals surface area contributed by atoms with Gasteiger partial charge in [-0.15, -0.1) is 0 Å². The van der Waals surface area contributed by atoms with Gasteiger partial charge >= 0.3 is 5.97 Å². The van der Waals surface area contributed by atoms with Gasteiger partial charge in [-0.05, 0) is 25.1 Å². The second-order valence-electron chi connectivity index (χ2n) is 5.28. The van der Waals surface area contributed by atoms with Crippen molar-refractivity contribution < 1.29 is 24.0 Å². The lowest BCUT2D eigenvalue weighted by Crippen LogP contribution is -2.46. The average Bonchev–Trinajstić information content (AvgIpc) is 2.66. The highest BCUT2D eigenvalue weighted by molar-refractivity contribution is 6.33. The Balaban J connectivity index is 1.93. The van der Waals surface area contributed by atoms with Gasteiger partial charge in [0.25, 0.3) is 17.5 Å². The minimum absolute atomic E-state index is 0.129. The molecule has 0 unspecified atom stereocenters. The highest BCUT2D eigenvalue weighted by atomic mass is 35.5. The van der Waals surface area contributed by atoms with E-state index in [1.807, 2.05) is 0 Å². The van der Waals surface area contributed by atoms with Gasteiger partial charge in [0.15, 0.2) is 6.10 Å². The van der Waals surface area contributed by atoms with Gasteiger partial charge in [-0.2, -0.15) is 0 Å². The third-order valence-electron chi connectivity index (χ3n) is 3.37. The number of nitro benzene ring substituents is 1. The first-order valence-electron chi connectivity index (χ1n) is 7.59. The number of nitrogens with one attached hydrogen (secondary N) is 2.